The maximum absolute atomic E-state index is 6.12. The largest absolute Gasteiger partial charge is 0.355 e. The first-order valence-corrected chi connectivity index (χ1v) is 6.40. The van der Waals surface area contributed by atoms with Gasteiger partial charge in [-0.05, 0) is 33.9 Å². The summed E-state index contributed by atoms with van der Waals surface area (Å²) in [5.74, 6) is 1.74. The lowest BCUT2D eigenvalue weighted by molar-refractivity contribution is 0.360. The number of aromatic nitrogens is 2. The fraction of sp³-hybridized carbons (Fsp3) is 0.667. The molecule has 1 aromatic heterocycles. The van der Waals surface area contributed by atoms with Gasteiger partial charge in [-0.15, -0.1) is 0 Å². The first-order chi connectivity index (χ1) is 8.08. The molecule has 94 valence electrons. The average molecular weight is 255 g/mol. The van der Waals surface area contributed by atoms with Crippen LogP contribution >= 0.6 is 11.6 Å². The lowest BCUT2D eigenvalue weighted by atomic mass is 10.3. The Hall–Kier alpha value is -0.870. The van der Waals surface area contributed by atoms with Gasteiger partial charge in [0.2, 0.25) is 0 Å². The Morgan fingerprint density at radius 1 is 1.06 bits per heavy atom. The molecule has 1 fully saturated rings. The maximum Gasteiger partial charge on any atom is 0.137 e. The van der Waals surface area contributed by atoms with Crippen LogP contribution in [0.1, 0.15) is 17.8 Å². The second-order valence-electron chi connectivity index (χ2n) is 4.65. The highest BCUT2D eigenvalue weighted by Crippen LogP contribution is 2.24. The van der Waals surface area contributed by atoms with Crippen molar-refractivity contribution in [3.63, 3.8) is 0 Å². The minimum absolute atomic E-state index is 0.574. The normalized spacial score (nSPS) is 18.2. The molecule has 1 aromatic rings. The van der Waals surface area contributed by atoms with Gasteiger partial charge in [0.15, 0.2) is 0 Å². The van der Waals surface area contributed by atoms with Gasteiger partial charge in [0.25, 0.3) is 0 Å². The summed E-state index contributed by atoms with van der Waals surface area (Å²) in [6.07, 6.45) is 1.16. The summed E-state index contributed by atoms with van der Waals surface area (Å²) in [6.45, 7) is 8.14. The van der Waals surface area contributed by atoms with Gasteiger partial charge in [-0.2, -0.15) is 0 Å². The van der Waals surface area contributed by atoms with Crippen LogP contribution in [0.2, 0.25) is 5.15 Å². The highest BCUT2D eigenvalue weighted by atomic mass is 35.5. The molecule has 0 N–H and O–H groups in total. The zero-order valence-corrected chi connectivity index (χ0v) is 11.5. The standard InChI is InChI=1S/C12H19ClN4/c1-9-11(13)14-10(2)15-12(9)17-6-4-5-16(3)7-8-17/h4-8H2,1-3H3. The van der Waals surface area contributed by atoms with Crippen molar-refractivity contribution in [2.75, 3.05) is 38.1 Å². The van der Waals surface area contributed by atoms with Gasteiger partial charge in [0.1, 0.15) is 16.8 Å². The van der Waals surface area contributed by atoms with Crippen LogP contribution in [-0.4, -0.2) is 48.1 Å². The van der Waals surface area contributed by atoms with Crippen LogP contribution in [0, 0.1) is 13.8 Å². The van der Waals surface area contributed by atoms with Crippen molar-refractivity contribution in [1.82, 2.24) is 14.9 Å². The fourth-order valence-electron chi connectivity index (χ4n) is 2.15. The van der Waals surface area contributed by atoms with Crippen LogP contribution in [0.4, 0.5) is 5.82 Å². The maximum atomic E-state index is 6.12. The van der Waals surface area contributed by atoms with Crippen molar-refractivity contribution in [1.29, 1.82) is 0 Å². The summed E-state index contributed by atoms with van der Waals surface area (Å²) in [7, 11) is 2.16. The van der Waals surface area contributed by atoms with Gasteiger partial charge in [-0.3, -0.25) is 0 Å². The van der Waals surface area contributed by atoms with Crippen LogP contribution in [0.3, 0.4) is 0 Å². The van der Waals surface area contributed by atoms with Gasteiger partial charge in [-0.25, -0.2) is 9.97 Å². The van der Waals surface area contributed by atoms with Crippen LogP contribution < -0.4 is 4.90 Å². The van der Waals surface area contributed by atoms with Gasteiger partial charge >= 0.3 is 0 Å². The van der Waals surface area contributed by atoms with E-state index in [1.807, 2.05) is 13.8 Å². The first kappa shape index (κ1) is 12.6. The van der Waals surface area contributed by atoms with Crippen LogP contribution in [0.25, 0.3) is 0 Å². The van der Waals surface area contributed by atoms with Gasteiger partial charge in [0, 0.05) is 25.2 Å². The molecule has 1 saturated heterocycles. The Labute approximate surface area is 108 Å². The molecule has 0 saturated carbocycles. The Bertz CT molecular complexity index is 408. The lowest BCUT2D eigenvalue weighted by Gasteiger charge is -2.23. The molecule has 0 unspecified atom stereocenters. The SMILES string of the molecule is Cc1nc(Cl)c(C)c(N2CCCN(C)CC2)n1. The molecule has 2 heterocycles. The van der Waals surface area contributed by atoms with E-state index in [-0.39, 0.29) is 0 Å². The van der Waals surface area contributed by atoms with Crippen LogP contribution in [-0.2, 0) is 0 Å². The van der Waals surface area contributed by atoms with Crippen molar-refractivity contribution in [2.45, 2.75) is 20.3 Å². The van der Waals surface area contributed by atoms with E-state index in [2.05, 4.69) is 26.8 Å². The van der Waals surface area contributed by atoms with E-state index in [1.165, 1.54) is 0 Å². The Balaban J connectivity index is 2.26. The molecule has 4 nitrogen and oxygen atoms in total. The summed E-state index contributed by atoms with van der Waals surface area (Å²) >= 11 is 6.12. The summed E-state index contributed by atoms with van der Waals surface area (Å²) < 4.78 is 0. The molecule has 5 heteroatoms. The third-order valence-electron chi connectivity index (χ3n) is 3.19. The molecular weight excluding hydrogens is 236 g/mol. The van der Waals surface area contributed by atoms with Crippen molar-refractivity contribution < 1.29 is 0 Å². The molecule has 2 rings (SSSR count). The number of rotatable bonds is 1. The van der Waals surface area contributed by atoms with Gasteiger partial charge in [0.05, 0.1) is 0 Å². The third-order valence-corrected chi connectivity index (χ3v) is 3.56. The molecule has 0 spiro atoms. The monoisotopic (exact) mass is 254 g/mol. The molecule has 17 heavy (non-hydrogen) atoms. The predicted octanol–water partition coefficient (Wildman–Crippen LogP) is 1.89. The molecule has 0 aromatic carbocycles. The number of likely N-dealkylation sites (N-methyl/N-ethyl adjacent to an activating group) is 1. The summed E-state index contributed by atoms with van der Waals surface area (Å²) in [4.78, 5) is 13.4. The molecule has 0 amide bonds. The minimum atomic E-state index is 0.574. The number of halogens is 1. The first-order valence-electron chi connectivity index (χ1n) is 6.02. The summed E-state index contributed by atoms with van der Waals surface area (Å²) in [5, 5.41) is 0.574. The molecule has 0 bridgehead atoms. The average Bonchev–Trinajstić information content (AvgIpc) is 2.48. The molecular formula is C12H19ClN4. The minimum Gasteiger partial charge on any atom is -0.355 e. The number of aryl methyl sites for hydroxylation is 1. The van der Waals surface area contributed by atoms with E-state index in [0.29, 0.717) is 5.15 Å². The Morgan fingerprint density at radius 3 is 2.59 bits per heavy atom. The van der Waals surface area contributed by atoms with Gasteiger partial charge in [-0.1, -0.05) is 11.6 Å². The number of hydrogen-bond donors (Lipinski definition) is 0. The molecule has 1 aliphatic rings. The zero-order chi connectivity index (χ0) is 12.4. The second kappa shape index (κ2) is 5.19. The van der Waals surface area contributed by atoms with Crippen molar-refractivity contribution >= 4 is 17.4 Å². The van der Waals surface area contributed by atoms with Crippen LogP contribution in [0.15, 0.2) is 0 Å². The topological polar surface area (TPSA) is 32.3 Å². The number of hydrogen-bond acceptors (Lipinski definition) is 4. The lowest BCUT2D eigenvalue weighted by Crippen LogP contribution is -2.30. The van der Waals surface area contributed by atoms with E-state index in [9.17, 15) is 0 Å². The van der Waals surface area contributed by atoms with Crippen LogP contribution in [0.5, 0.6) is 0 Å². The van der Waals surface area contributed by atoms with Crippen molar-refractivity contribution in [3.05, 3.63) is 16.5 Å². The quantitative estimate of drug-likeness (QED) is 0.717. The summed E-state index contributed by atoms with van der Waals surface area (Å²) in [6, 6.07) is 0. The molecule has 0 radical (unpaired) electrons. The van der Waals surface area contributed by atoms with Crippen molar-refractivity contribution in [2.24, 2.45) is 0 Å². The molecule has 0 atom stereocenters. The highest BCUT2D eigenvalue weighted by Gasteiger charge is 2.17. The number of nitrogens with zero attached hydrogens (tertiary/aromatic N) is 4. The van der Waals surface area contributed by atoms with E-state index < -0.39 is 0 Å². The fourth-order valence-corrected chi connectivity index (χ4v) is 2.35. The Kier molecular flexibility index (Phi) is 3.84. The van der Waals surface area contributed by atoms with E-state index in [1.54, 1.807) is 0 Å². The predicted molar refractivity (Wildman–Crippen MR) is 70.8 cm³/mol. The second-order valence-corrected chi connectivity index (χ2v) is 5.01. The molecule has 1 aliphatic heterocycles. The Morgan fingerprint density at radius 2 is 1.82 bits per heavy atom. The van der Waals surface area contributed by atoms with E-state index >= 15 is 0 Å². The highest BCUT2D eigenvalue weighted by molar-refractivity contribution is 6.30. The van der Waals surface area contributed by atoms with E-state index in [4.69, 9.17) is 11.6 Å². The smallest absolute Gasteiger partial charge is 0.137 e. The van der Waals surface area contributed by atoms with Gasteiger partial charge < -0.3 is 9.80 Å². The zero-order valence-electron chi connectivity index (χ0n) is 10.7. The number of anilines is 1. The molecule has 0 aliphatic carbocycles. The third kappa shape index (κ3) is 2.87. The summed E-state index contributed by atoms with van der Waals surface area (Å²) in [5.41, 5.74) is 0.988. The van der Waals surface area contributed by atoms with E-state index in [0.717, 1.165) is 49.8 Å². The van der Waals surface area contributed by atoms with Crippen molar-refractivity contribution in [3.8, 4) is 0 Å².